The molecule has 188 valence electrons. The van der Waals surface area contributed by atoms with Gasteiger partial charge in [0.05, 0.1) is 6.57 Å². The molecule has 1 fully saturated rings. The first kappa shape index (κ1) is 25.2. The second kappa shape index (κ2) is 12.2. The molecule has 2 heterocycles. The van der Waals surface area contributed by atoms with E-state index in [-0.39, 0.29) is 5.91 Å². The number of amides is 1. The average Bonchev–Trinajstić information content (AvgIpc) is 3.33. The van der Waals surface area contributed by atoms with Crippen LogP contribution in [0.5, 0.6) is 0 Å². The van der Waals surface area contributed by atoms with Gasteiger partial charge < -0.3 is 20.5 Å². The number of benzene rings is 1. The highest BCUT2D eigenvalue weighted by Gasteiger charge is 2.25. The van der Waals surface area contributed by atoms with Crippen LogP contribution in [0.4, 0.5) is 17.5 Å². The first-order valence-corrected chi connectivity index (χ1v) is 12.8. The van der Waals surface area contributed by atoms with E-state index >= 15 is 0 Å². The Morgan fingerprint density at radius 2 is 1.94 bits per heavy atom. The molecule has 1 aliphatic carbocycles. The van der Waals surface area contributed by atoms with Gasteiger partial charge >= 0.3 is 0 Å². The molecular weight excluding hydrogens is 450 g/mol. The van der Waals surface area contributed by atoms with Gasteiger partial charge in [-0.3, -0.25) is 4.79 Å². The maximum Gasteiger partial charge on any atom is 0.242 e. The van der Waals surface area contributed by atoms with E-state index in [0.717, 1.165) is 36.3 Å². The zero-order valence-corrected chi connectivity index (χ0v) is 21.1. The first-order valence-electron chi connectivity index (χ1n) is 12.8. The zero-order valence-electron chi connectivity index (χ0n) is 21.1. The van der Waals surface area contributed by atoms with Gasteiger partial charge in [-0.05, 0) is 43.9 Å². The highest BCUT2D eigenvalue weighted by atomic mass is 16.2. The molecule has 8 nitrogen and oxygen atoms in total. The third-order valence-electron chi connectivity index (χ3n) is 6.71. The third-order valence-corrected chi connectivity index (χ3v) is 6.71. The Morgan fingerprint density at radius 1 is 1.17 bits per heavy atom. The molecule has 3 N–H and O–H groups in total. The van der Waals surface area contributed by atoms with Gasteiger partial charge in [0.25, 0.3) is 0 Å². The Balaban J connectivity index is 1.54. The predicted octanol–water partition coefficient (Wildman–Crippen LogP) is 5.63. The van der Waals surface area contributed by atoms with E-state index in [4.69, 9.17) is 6.57 Å². The lowest BCUT2D eigenvalue weighted by Crippen LogP contribution is -2.41. The van der Waals surface area contributed by atoms with Crippen molar-refractivity contribution in [3.8, 4) is 5.82 Å². The van der Waals surface area contributed by atoms with Crippen molar-refractivity contribution in [1.29, 1.82) is 0 Å². The van der Waals surface area contributed by atoms with Crippen LogP contribution >= 0.6 is 0 Å². The molecule has 0 bridgehead atoms. The van der Waals surface area contributed by atoms with Gasteiger partial charge in [0.2, 0.25) is 11.9 Å². The summed E-state index contributed by atoms with van der Waals surface area (Å²) in [5.41, 5.74) is 2.63. The van der Waals surface area contributed by atoms with Crippen LogP contribution in [-0.4, -0.2) is 33.0 Å². The average molecular weight is 486 g/mol. The maximum atomic E-state index is 13.4. The number of aryl methyl sites for hydroxylation is 1. The minimum Gasteiger partial charge on any atom is -0.358 e. The van der Waals surface area contributed by atoms with Crippen molar-refractivity contribution in [1.82, 2.24) is 19.9 Å². The lowest BCUT2D eigenvalue weighted by Gasteiger charge is -2.27. The second-order valence-electron chi connectivity index (χ2n) is 9.42. The molecule has 36 heavy (non-hydrogen) atoms. The molecule has 1 saturated carbocycles. The Labute approximate surface area is 213 Å². The van der Waals surface area contributed by atoms with Crippen LogP contribution in [0.25, 0.3) is 10.7 Å². The van der Waals surface area contributed by atoms with Crippen LogP contribution in [0, 0.1) is 19.4 Å². The van der Waals surface area contributed by atoms with E-state index in [1.54, 1.807) is 12.1 Å². The van der Waals surface area contributed by atoms with Crippen molar-refractivity contribution >= 4 is 23.4 Å². The highest BCUT2D eigenvalue weighted by Crippen LogP contribution is 2.28. The van der Waals surface area contributed by atoms with E-state index in [2.05, 4.69) is 30.8 Å². The Hall–Kier alpha value is -3.86. The van der Waals surface area contributed by atoms with Crippen LogP contribution in [0.1, 0.15) is 56.7 Å². The van der Waals surface area contributed by atoms with E-state index in [0.29, 0.717) is 36.5 Å². The quantitative estimate of drug-likeness (QED) is 0.324. The van der Waals surface area contributed by atoms with Crippen molar-refractivity contribution in [2.75, 3.05) is 17.2 Å². The SMILES string of the molecule is [C-]#[N+]c1ccc(CNC(=O)[C@@H](CC2CCCCC2)Nc2cc(-n3cccc3C)nc(NCC)n2)cc1. The molecule has 0 spiro atoms. The lowest BCUT2D eigenvalue weighted by molar-refractivity contribution is -0.122. The fourth-order valence-electron chi connectivity index (χ4n) is 4.76. The van der Waals surface area contributed by atoms with Crippen LogP contribution in [0.3, 0.4) is 0 Å². The molecule has 8 heteroatoms. The number of nitrogens with zero attached hydrogens (tertiary/aromatic N) is 4. The molecule has 1 atom stereocenters. The van der Waals surface area contributed by atoms with Crippen LogP contribution in [-0.2, 0) is 11.3 Å². The fraction of sp³-hybridized carbons (Fsp3) is 0.429. The van der Waals surface area contributed by atoms with E-state index < -0.39 is 6.04 Å². The van der Waals surface area contributed by atoms with Crippen LogP contribution < -0.4 is 16.0 Å². The summed E-state index contributed by atoms with van der Waals surface area (Å²) >= 11 is 0. The topological polar surface area (TPSA) is 88.2 Å². The van der Waals surface area contributed by atoms with Crippen molar-refractivity contribution in [3.05, 3.63) is 71.3 Å². The van der Waals surface area contributed by atoms with Gasteiger partial charge in [0, 0.05) is 31.0 Å². The molecular formula is C28H35N7O. The molecule has 1 aromatic carbocycles. The van der Waals surface area contributed by atoms with Gasteiger partial charge in [-0.15, -0.1) is 0 Å². The number of aromatic nitrogens is 3. The molecule has 0 saturated heterocycles. The van der Waals surface area contributed by atoms with E-state index in [1.807, 2.05) is 54.9 Å². The summed E-state index contributed by atoms with van der Waals surface area (Å²) in [6.45, 7) is 12.3. The molecule has 1 amide bonds. The molecule has 4 rings (SSSR count). The van der Waals surface area contributed by atoms with E-state index in [1.165, 1.54) is 19.3 Å². The first-order chi connectivity index (χ1) is 17.6. The van der Waals surface area contributed by atoms with E-state index in [9.17, 15) is 4.79 Å². The number of hydrogen-bond acceptors (Lipinski definition) is 5. The normalized spacial score (nSPS) is 14.6. The van der Waals surface area contributed by atoms with Crippen LogP contribution in [0.15, 0.2) is 48.7 Å². The number of carbonyl (C=O) groups excluding carboxylic acids is 1. The van der Waals surface area contributed by atoms with Crippen LogP contribution in [0.2, 0.25) is 0 Å². The summed E-state index contributed by atoms with van der Waals surface area (Å²) in [4.78, 5) is 26.2. The summed E-state index contributed by atoms with van der Waals surface area (Å²) in [5, 5.41) is 9.75. The van der Waals surface area contributed by atoms with Gasteiger partial charge in [-0.1, -0.05) is 56.4 Å². The number of nitrogens with one attached hydrogen (secondary N) is 3. The minimum atomic E-state index is -0.404. The molecule has 0 radical (unpaired) electrons. The number of carbonyl (C=O) groups is 1. The predicted molar refractivity (Wildman–Crippen MR) is 143 cm³/mol. The van der Waals surface area contributed by atoms with Crippen molar-refractivity contribution in [3.63, 3.8) is 0 Å². The summed E-state index contributed by atoms with van der Waals surface area (Å²) in [5.74, 6) is 2.38. The summed E-state index contributed by atoms with van der Waals surface area (Å²) in [7, 11) is 0. The van der Waals surface area contributed by atoms with Gasteiger partial charge in [0.15, 0.2) is 5.69 Å². The molecule has 3 aromatic rings. The Morgan fingerprint density at radius 3 is 2.61 bits per heavy atom. The van der Waals surface area contributed by atoms with Crippen molar-refractivity contribution in [2.45, 2.75) is 65.0 Å². The standard InChI is InChI=1S/C28H35N7O/c1-4-30-28-33-25(18-26(34-28)35-16-8-9-20(35)2)32-24(17-21-10-6-5-7-11-21)27(36)31-19-22-12-14-23(29-3)15-13-22/h8-9,12-16,18,21,24H,4-7,10-11,17,19H2,1-2H3,(H,31,36)(H2,30,32,33,34)/t24-/m1/s1. The molecule has 0 aliphatic heterocycles. The Kier molecular flexibility index (Phi) is 8.56. The largest absolute Gasteiger partial charge is 0.358 e. The fourth-order valence-corrected chi connectivity index (χ4v) is 4.76. The zero-order chi connectivity index (χ0) is 25.3. The third kappa shape index (κ3) is 6.63. The molecule has 1 aliphatic rings. The summed E-state index contributed by atoms with van der Waals surface area (Å²) in [6, 6.07) is 12.8. The van der Waals surface area contributed by atoms with Crippen molar-refractivity contribution < 1.29 is 4.79 Å². The Bertz CT molecular complexity index is 1190. The molecule has 0 unspecified atom stereocenters. The highest BCUT2D eigenvalue weighted by molar-refractivity contribution is 5.84. The number of rotatable bonds is 10. The monoisotopic (exact) mass is 485 g/mol. The maximum absolute atomic E-state index is 13.4. The second-order valence-corrected chi connectivity index (χ2v) is 9.42. The summed E-state index contributed by atoms with van der Waals surface area (Å²) in [6.07, 6.45) is 8.78. The smallest absolute Gasteiger partial charge is 0.242 e. The number of anilines is 2. The number of hydrogen-bond donors (Lipinski definition) is 3. The lowest BCUT2D eigenvalue weighted by atomic mass is 9.84. The van der Waals surface area contributed by atoms with Gasteiger partial charge in [-0.2, -0.15) is 9.97 Å². The van der Waals surface area contributed by atoms with Gasteiger partial charge in [-0.25, -0.2) is 4.85 Å². The minimum absolute atomic E-state index is 0.0443. The molecule has 2 aromatic heterocycles. The summed E-state index contributed by atoms with van der Waals surface area (Å²) < 4.78 is 2.01. The van der Waals surface area contributed by atoms with Gasteiger partial charge in [0.1, 0.15) is 17.7 Å². The van der Waals surface area contributed by atoms with Crippen molar-refractivity contribution in [2.24, 2.45) is 5.92 Å².